The molecule has 3 N–H and O–H groups in total. The van der Waals surface area contributed by atoms with E-state index in [0.29, 0.717) is 24.1 Å². The maximum absolute atomic E-state index is 9.99. The molecular formula is C15H24N2O3. The Morgan fingerprint density at radius 3 is 3.10 bits per heavy atom. The van der Waals surface area contributed by atoms with Crippen molar-refractivity contribution >= 4 is 5.69 Å². The van der Waals surface area contributed by atoms with Crippen molar-refractivity contribution < 1.29 is 14.6 Å². The molecule has 2 unspecified atom stereocenters. The number of hydrogen-bond donors (Lipinski definition) is 2. The minimum absolute atomic E-state index is 0.263. The third-order valence-corrected chi connectivity index (χ3v) is 3.36. The standard InChI is InChI=1S/C15H24N2O3/c1-17(10-15-6-3-7-19-15)9-13(18)11-20-14-5-2-4-12(16)8-14/h2,4-5,8,13,15,18H,3,6-7,9-11,16H2,1H3. The molecule has 5 nitrogen and oxygen atoms in total. The Labute approximate surface area is 120 Å². The van der Waals surface area contributed by atoms with Crippen LogP contribution < -0.4 is 10.5 Å². The van der Waals surface area contributed by atoms with Gasteiger partial charge in [-0.05, 0) is 32.0 Å². The summed E-state index contributed by atoms with van der Waals surface area (Å²) in [4.78, 5) is 2.09. The Morgan fingerprint density at radius 2 is 2.40 bits per heavy atom. The monoisotopic (exact) mass is 280 g/mol. The molecule has 112 valence electrons. The van der Waals surface area contributed by atoms with Gasteiger partial charge in [0.1, 0.15) is 18.5 Å². The topological polar surface area (TPSA) is 68.0 Å². The maximum Gasteiger partial charge on any atom is 0.121 e. The number of likely N-dealkylation sites (N-methyl/N-ethyl adjacent to an activating group) is 1. The van der Waals surface area contributed by atoms with Gasteiger partial charge in [-0.1, -0.05) is 6.07 Å². The fourth-order valence-electron chi connectivity index (χ4n) is 2.42. The zero-order valence-corrected chi connectivity index (χ0v) is 12.0. The number of nitrogens with two attached hydrogens (primary N) is 1. The molecule has 0 spiro atoms. The molecule has 1 fully saturated rings. The van der Waals surface area contributed by atoms with Crippen LogP contribution in [0.2, 0.25) is 0 Å². The van der Waals surface area contributed by atoms with Crippen LogP contribution in [0.4, 0.5) is 5.69 Å². The van der Waals surface area contributed by atoms with Crippen LogP contribution >= 0.6 is 0 Å². The summed E-state index contributed by atoms with van der Waals surface area (Å²) in [6.07, 6.45) is 2.03. The van der Waals surface area contributed by atoms with Gasteiger partial charge < -0.3 is 25.2 Å². The summed E-state index contributed by atoms with van der Waals surface area (Å²) in [5, 5.41) is 9.99. The highest BCUT2D eigenvalue weighted by atomic mass is 16.5. The van der Waals surface area contributed by atoms with Gasteiger partial charge in [-0.3, -0.25) is 0 Å². The Morgan fingerprint density at radius 1 is 1.55 bits per heavy atom. The summed E-state index contributed by atoms with van der Waals surface area (Å²) in [7, 11) is 1.99. The van der Waals surface area contributed by atoms with Gasteiger partial charge in [-0.25, -0.2) is 0 Å². The highest BCUT2D eigenvalue weighted by molar-refractivity contribution is 5.43. The number of benzene rings is 1. The molecule has 1 aromatic rings. The van der Waals surface area contributed by atoms with E-state index in [1.807, 2.05) is 19.2 Å². The van der Waals surface area contributed by atoms with Gasteiger partial charge in [0.05, 0.1) is 6.10 Å². The van der Waals surface area contributed by atoms with Crippen LogP contribution in [-0.4, -0.2) is 55.6 Å². The highest BCUT2D eigenvalue weighted by Crippen LogP contribution is 2.15. The molecule has 0 aromatic heterocycles. The predicted molar refractivity (Wildman–Crippen MR) is 78.8 cm³/mol. The van der Waals surface area contributed by atoms with Crippen LogP contribution in [0.1, 0.15) is 12.8 Å². The van der Waals surface area contributed by atoms with E-state index in [2.05, 4.69) is 4.90 Å². The van der Waals surface area contributed by atoms with Gasteiger partial charge in [-0.2, -0.15) is 0 Å². The molecule has 0 saturated carbocycles. The highest BCUT2D eigenvalue weighted by Gasteiger charge is 2.18. The molecular weight excluding hydrogens is 256 g/mol. The molecule has 1 heterocycles. The molecule has 2 atom stereocenters. The van der Waals surface area contributed by atoms with Crippen molar-refractivity contribution in [2.24, 2.45) is 0 Å². The summed E-state index contributed by atoms with van der Waals surface area (Å²) >= 11 is 0. The second-order valence-electron chi connectivity index (χ2n) is 5.39. The lowest BCUT2D eigenvalue weighted by Crippen LogP contribution is -2.37. The smallest absolute Gasteiger partial charge is 0.121 e. The molecule has 1 aliphatic heterocycles. The van der Waals surface area contributed by atoms with E-state index in [1.54, 1.807) is 12.1 Å². The Balaban J connectivity index is 1.67. The van der Waals surface area contributed by atoms with Gasteiger partial charge in [0, 0.05) is 31.5 Å². The maximum atomic E-state index is 9.99. The van der Waals surface area contributed by atoms with Gasteiger partial charge in [0.2, 0.25) is 0 Å². The lowest BCUT2D eigenvalue weighted by molar-refractivity contribution is 0.0444. The molecule has 0 radical (unpaired) electrons. The Hall–Kier alpha value is -1.30. The number of ether oxygens (including phenoxy) is 2. The van der Waals surface area contributed by atoms with Crippen molar-refractivity contribution in [3.63, 3.8) is 0 Å². The zero-order valence-electron chi connectivity index (χ0n) is 12.0. The number of nitrogen functional groups attached to an aromatic ring is 1. The minimum atomic E-state index is -0.525. The van der Waals surface area contributed by atoms with Gasteiger partial charge in [-0.15, -0.1) is 0 Å². The number of aliphatic hydroxyl groups excluding tert-OH is 1. The van der Waals surface area contributed by atoms with E-state index in [-0.39, 0.29) is 6.61 Å². The van der Waals surface area contributed by atoms with Gasteiger partial charge in [0.15, 0.2) is 0 Å². The molecule has 1 aromatic carbocycles. The third-order valence-electron chi connectivity index (χ3n) is 3.36. The SMILES string of the molecule is CN(CC(O)COc1cccc(N)c1)CC1CCCO1. The van der Waals surface area contributed by atoms with Crippen LogP contribution in [0, 0.1) is 0 Å². The molecule has 2 rings (SSSR count). The molecule has 0 bridgehead atoms. The summed E-state index contributed by atoms with van der Waals surface area (Å²) in [6, 6.07) is 7.22. The van der Waals surface area contributed by atoms with Crippen LogP contribution in [0.5, 0.6) is 5.75 Å². The fourth-order valence-corrected chi connectivity index (χ4v) is 2.42. The first kappa shape index (κ1) is 15.1. The van der Waals surface area contributed by atoms with E-state index in [9.17, 15) is 5.11 Å². The lowest BCUT2D eigenvalue weighted by atomic mass is 10.2. The summed E-state index contributed by atoms with van der Waals surface area (Å²) in [5.41, 5.74) is 6.33. The lowest BCUT2D eigenvalue weighted by Gasteiger charge is -2.23. The average Bonchev–Trinajstić information content (AvgIpc) is 2.89. The molecule has 1 saturated heterocycles. The Bertz CT molecular complexity index is 408. The van der Waals surface area contributed by atoms with Crippen LogP contribution in [0.15, 0.2) is 24.3 Å². The van der Waals surface area contributed by atoms with Gasteiger partial charge in [0.25, 0.3) is 0 Å². The zero-order chi connectivity index (χ0) is 14.4. The first-order chi connectivity index (χ1) is 9.63. The van der Waals surface area contributed by atoms with Crippen molar-refractivity contribution in [2.75, 3.05) is 39.1 Å². The van der Waals surface area contributed by atoms with E-state index >= 15 is 0 Å². The second kappa shape index (κ2) is 7.47. The summed E-state index contributed by atoms with van der Waals surface area (Å²) < 4.78 is 11.1. The number of aliphatic hydroxyl groups is 1. The van der Waals surface area contributed by atoms with E-state index < -0.39 is 6.10 Å². The van der Waals surface area contributed by atoms with Crippen molar-refractivity contribution in [3.05, 3.63) is 24.3 Å². The van der Waals surface area contributed by atoms with E-state index in [0.717, 1.165) is 26.0 Å². The summed E-state index contributed by atoms with van der Waals surface area (Å²) in [5.74, 6) is 0.686. The van der Waals surface area contributed by atoms with Crippen molar-refractivity contribution in [1.82, 2.24) is 4.90 Å². The first-order valence-corrected chi connectivity index (χ1v) is 7.10. The van der Waals surface area contributed by atoms with Crippen molar-refractivity contribution in [1.29, 1.82) is 0 Å². The number of rotatable bonds is 7. The average molecular weight is 280 g/mol. The number of hydrogen-bond acceptors (Lipinski definition) is 5. The largest absolute Gasteiger partial charge is 0.491 e. The second-order valence-corrected chi connectivity index (χ2v) is 5.39. The van der Waals surface area contributed by atoms with Gasteiger partial charge >= 0.3 is 0 Å². The van der Waals surface area contributed by atoms with E-state index in [4.69, 9.17) is 15.2 Å². The van der Waals surface area contributed by atoms with Crippen LogP contribution in [-0.2, 0) is 4.74 Å². The molecule has 0 aliphatic carbocycles. The number of nitrogens with zero attached hydrogens (tertiary/aromatic N) is 1. The van der Waals surface area contributed by atoms with Crippen LogP contribution in [0.3, 0.4) is 0 Å². The fraction of sp³-hybridized carbons (Fsp3) is 0.600. The molecule has 20 heavy (non-hydrogen) atoms. The number of anilines is 1. The molecule has 5 heteroatoms. The van der Waals surface area contributed by atoms with Crippen molar-refractivity contribution in [3.8, 4) is 5.75 Å². The Kier molecular flexibility index (Phi) is 5.64. The van der Waals surface area contributed by atoms with Crippen molar-refractivity contribution in [2.45, 2.75) is 25.0 Å². The summed E-state index contributed by atoms with van der Waals surface area (Å²) in [6.45, 7) is 2.55. The predicted octanol–water partition coefficient (Wildman–Crippen LogP) is 1.12. The third kappa shape index (κ3) is 5.00. The molecule has 1 aliphatic rings. The minimum Gasteiger partial charge on any atom is -0.491 e. The normalized spacial score (nSPS) is 20.2. The first-order valence-electron chi connectivity index (χ1n) is 7.10. The molecule has 0 amide bonds. The quantitative estimate of drug-likeness (QED) is 0.733. The van der Waals surface area contributed by atoms with Crippen LogP contribution in [0.25, 0.3) is 0 Å². The van der Waals surface area contributed by atoms with E-state index in [1.165, 1.54) is 0 Å².